The van der Waals surface area contributed by atoms with Crippen LogP contribution in [0.4, 0.5) is 0 Å². The normalized spacial score (nSPS) is 53.3. The van der Waals surface area contributed by atoms with Crippen molar-refractivity contribution in [2.24, 2.45) is 34.5 Å². The Balaban J connectivity index is 1.31. The first kappa shape index (κ1) is 22.9. The quantitative estimate of drug-likeness (QED) is 0.474. The average Bonchev–Trinajstić information content (AvgIpc) is 3.40. The number of carbonyl (C=O) groups is 2. The highest BCUT2D eigenvalue weighted by atomic mass is 16.6. The molecule has 1 spiro atoms. The van der Waals surface area contributed by atoms with E-state index in [0.717, 1.165) is 37.7 Å². The Morgan fingerprint density at radius 3 is 2.56 bits per heavy atom. The van der Waals surface area contributed by atoms with Gasteiger partial charge in [-0.2, -0.15) is 0 Å². The monoisotopic (exact) mass is 470 g/mol. The molecule has 6 rings (SSSR count). The summed E-state index contributed by atoms with van der Waals surface area (Å²) in [5.74, 6) is 0.651. The molecule has 186 valence electrons. The smallest absolute Gasteiger partial charge is 0.334 e. The summed E-state index contributed by atoms with van der Waals surface area (Å²) >= 11 is 0. The highest BCUT2D eigenvalue weighted by molar-refractivity contribution is 5.98. The van der Waals surface area contributed by atoms with E-state index >= 15 is 0 Å². The van der Waals surface area contributed by atoms with Gasteiger partial charge in [0.2, 0.25) is 0 Å². The maximum Gasteiger partial charge on any atom is 0.334 e. The predicted molar refractivity (Wildman–Crippen MR) is 125 cm³/mol. The molecule has 0 aromatic carbocycles. The topological polar surface area (TPSA) is 96.4 Å². The molecule has 2 N–H and O–H groups in total. The summed E-state index contributed by atoms with van der Waals surface area (Å²) in [6.45, 7) is 9.96. The molecule has 0 bridgehead atoms. The molecule has 0 amide bonds. The van der Waals surface area contributed by atoms with Crippen LogP contribution in [0.2, 0.25) is 0 Å². The van der Waals surface area contributed by atoms with Gasteiger partial charge in [0.05, 0.1) is 11.5 Å². The highest BCUT2D eigenvalue weighted by Gasteiger charge is 2.80. The number of cyclic esters (lactones) is 1. The van der Waals surface area contributed by atoms with Gasteiger partial charge in [-0.05, 0) is 101 Å². The highest BCUT2D eigenvalue weighted by Crippen LogP contribution is 2.73. The summed E-state index contributed by atoms with van der Waals surface area (Å²) in [5, 5.41) is 22.7. The van der Waals surface area contributed by atoms with E-state index in [9.17, 15) is 19.8 Å². The minimum absolute atomic E-state index is 0.0158. The average molecular weight is 471 g/mol. The molecule has 2 aliphatic heterocycles. The number of allylic oxidation sites excluding steroid dienone is 1. The van der Waals surface area contributed by atoms with Crippen LogP contribution >= 0.6 is 0 Å². The van der Waals surface area contributed by atoms with E-state index in [4.69, 9.17) is 9.47 Å². The van der Waals surface area contributed by atoms with E-state index in [1.54, 1.807) is 19.1 Å². The van der Waals surface area contributed by atoms with E-state index in [0.29, 0.717) is 23.8 Å². The molecule has 6 nitrogen and oxygen atoms in total. The van der Waals surface area contributed by atoms with E-state index in [1.165, 1.54) is 0 Å². The van der Waals surface area contributed by atoms with Crippen LogP contribution in [0.25, 0.3) is 0 Å². The fraction of sp³-hybridized carbons (Fsp3) is 0.786. The molecule has 0 radical (unpaired) electrons. The minimum atomic E-state index is -1.12. The van der Waals surface area contributed by atoms with Gasteiger partial charge < -0.3 is 19.7 Å². The van der Waals surface area contributed by atoms with Crippen molar-refractivity contribution in [1.82, 2.24) is 0 Å². The van der Waals surface area contributed by atoms with Gasteiger partial charge >= 0.3 is 5.97 Å². The molecule has 4 fully saturated rings. The Labute approximate surface area is 201 Å². The number of aliphatic hydroxyl groups is 2. The Morgan fingerprint density at radius 2 is 1.85 bits per heavy atom. The van der Waals surface area contributed by atoms with Crippen molar-refractivity contribution in [2.45, 2.75) is 103 Å². The zero-order valence-corrected chi connectivity index (χ0v) is 21.0. The van der Waals surface area contributed by atoms with Crippen LogP contribution in [-0.2, 0) is 19.1 Å². The number of ketones is 1. The lowest BCUT2D eigenvalue weighted by Gasteiger charge is -2.59. The first-order valence-corrected chi connectivity index (χ1v) is 13.1. The van der Waals surface area contributed by atoms with Gasteiger partial charge in [0.15, 0.2) is 5.78 Å². The first-order valence-electron chi connectivity index (χ1n) is 13.1. The third-order valence-corrected chi connectivity index (χ3v) is 11.7. The van der Waals surface area contributed by atoms with Crippen LogP contribution in [0.1, 0.15) is 73.1 Å². The molecule has 3 saturated carbocycles. The molecule has 11 atom stereocenters. The molecular weight excluding hydrogens is 432 g/mol. The molecule has 0 unspecified atom stereocenters. The molecular formula is C28H38O6. The maximum atomic E-state index is 13.3. The lowest BCUT2D eigenvalue weighted by Crippen LogP contribution is -2.64. The van der Waals surface area contributed by atoms with Crippen molar-refractivity contribution in [3.63, 3.8) is 0 Å². The van der Waals surface area contributed by atoms with Crippen LogP contribution in [0.5, 0.6) is 0 Å². The number of aliphatic hydroxyl groups excluding tert-OH is 1. The summed E-state index contributed by atoms with van der Waals surface area (Å²) in [5.41, 5.74) is -1.02. The van der Waals surface area contributed by atoms with Gasteiger partial charge in [-0.3, -0.25) is 4.79 Å². The Morgan fingerprint density at radius 1 is 1.12 bits per heavy atom. The number of fused-ring (bicyclic) bond motifs is 4. The van der Waals surface area contributed by atoms with Gasteiger partial charge in [0.1, 0.15) is 23.4 Å². The largest absolute Gasteiger partial charge is 0.456 e. The zero-order valence-electron chi connectivity index (χ0n) is 21.0. The molecule has 4 aliphatic carbocycles. The van der Waals surface area contributed by atoms with Crippen LogP contribution in [0.3, 0.4) is 0 Å². The minimum Gasteiger partial charge on any atom is -0.456 e. The SMILES string of the molecule is CC1=C(C)C(=O)O[C@@H]([C@](C)(O)[C@@H]2CC[C@H]3[C@@H]4C[C@H]5O[C@]56[C@@H](O)C=CC(=O)[C@]6(C)[C@H]4CC[C@@]32C)C1. The Hall–Kier alpha value is -1.50. The van der Waals surface area contributed by atoms with E-state index in [-0.39, 0.29) is 35.1 Å². The van der Waals surface area contributed by atoms with Crippen LogP contribution in [0.15, 0.2) is 23.3 Å². The number of epoxide rings is 1. The van der Waals surface area contributed by atoms with E-state index in [2.05, 4.69) is 6.92 Å². The summed E-state index contributed by atoms with van der Waals surface area (Å²) in [7, 11) is 0. The Bertz CT molecular complexity index is 1030. The van der Waals surface area contributed by atoms with Crippen LogP contribution in [0, 0.1) is 34.5 Å². The van der Waals surface area contributed by atoms with Crippen LogP contribution < -0.4 is 0 Å². The number of ether oxygens (including phenoxy) is 2. The fourth-order valence-corrected chi connectivity index (χ4v) is 9.56. The first-order chi connectivity index (χ1) is 15.9. The number of carbonyl (C=O) groups excluding carboxylic acids is 2. The van der Waals surface area contributed by atoms with Crippen molar-refractivity contribution in [3.8, 4) is 0 Å². The summed E-state index contributed by atoms with van der Waals surface area (Å²) < 4.78 is 12.0. The zero-order chi connectivity index (χ0) is 24.4. The lowest BCUT2D eigenvalue weighted by atomic mass is 9.44. The third kappa shape index (κ3) is 2.53. The third-order valence-electron chi connectivity index (χ3n) is 11.7. The van der Waals surface area contributed by atoms with Crippen LogP contribution in [-0.4, -0.2) is 51.5 Å². The predicted octanol–water partition coefficient (Wildman–Crippen LogP) is 3.50. The van der Waals surface area contributed by atoms with Crippen molar-refractivity contribution in [3.05, 3.63) is 23.3 Å². The second-order valence-corrected chi connectivity index (χ2v) is 12.8. The van der Waals surface area contributed by atoms with E-state index in [1.807, 2.05) is 20.8 Å². The molecule has 2 heterocycles. The van der Waals surface area contributed by atoms with Gasteiger partial charge in [-0.15, -0.1) is 0 Å². The van der Waals surface area contributed by atoms with Crippen molar-refractivity contribution in [1.29, 1.82) is 0 Å². The number of esters is 1. The van der Waals surface area contributed by atoms with Crippen molar-refractivity contribution in [2.75, 3.05) is 0 Å². The molecule has 6 aliphatic rings. The summed E-state index contributed by atoms with van der Waals surface area (Å²) in [6.07, 6.45) is 6.96. The summed E-state index contributed by atoms with van der Waals surface area (Å²) in [6, 6.07) is 0. The second kappa shape index (κ2) is 6.83. The van der Waals surface area contributed by atoms with Crippen molar-refractivity contribution < 1.29 is 29.3 Å². The molecule has 0 aromatic rings. The number of hydrogen-bond acceptors (Lipinski definition) is 6. The second-order valence-electron chi connectivity index (χ2n) is 12.8. The summed E-state index contributed by atoms with van der Waals surface area (Å²) in [4.78, 5) is 25.7. The van der Waals surface area contributed by atoms with Gasteiger partial charge in [0, 0.05) is 12.0 Å². The Kier molecular flexibility index (Phi) is 4.61. The fourth-order valence-electron chi connectivity index (χ4n) is 9.56. The molecule has 0 aromatic heterocycles. The number of hydrogen-bond donors (Lipinski definition) is 2. The lowest BCUT2D eigenvalue weighted by molar-refractivity contribution is -0.184. The standard InChI is InChI=1S/C28H38O6/c1-14-12-22(33-24(31)15(14)2)27(5,32)19-7-6-17-16-13-23-28(34-23)21(30)9-8-20(29)26(28,4)18(16)10-11-25(17,19)3/h8-9,16-19,21-23,30,32H,6-7,10-13H2,1-5H3/t16-,17-,18-,19+,21-,22+,23+,25-,26-,27+,28+/m0/s1. The van der Waals surface area contributed by atoms with Gasteiger partial charge in [-0.1, -0.05) is 12.5 Å². The molecule has 6 heteroatoms. The maximum absolute atomic E-state index is 13.3. The molecule has 34 heavy (non-hydrogen) atoms. The molecule has 1 saturated heterocycles. The van der Waals surface area contributed by atoms with Crippen molar-refractivity contribution >= 4 is 11.8 Å². The van der Waals surface area contributed by atoms with Gasteiger partial charge in [-0.25, -0.2) is 4.79 Å². The van der Waals surface area contributed by atoms with E-state index < -0.39 is 28.8 Å². The van der Waals surface area contributed by atoms with Gasteiger partial charge in [0.25, 0.3) is 0 Å². The number of rotatable bonds is 2.